The SMILES string of the molecule is OCP(CO)c1cccc(P(CO)CO)c1. The summed E-state index contributed by atoms with van der Waals surface area (Å²) in [7, 11) is -1.89. The van der Waals surface area contributed by atoms with Crippen LogP contribution in [0.15, 0.2) is 24.3 Å². The molecule has 0 aliphatic rings. The third-order valence-electron chi connectivity index (χ3n) is 2.24. The van der Waals surface area contributed by atoms with E-state index in [0.717, 1.165) is 10.6 Å². The topological polar surface area (TPSA) is 80.9 Å². The molecule has 1 rings (SSSR count). The van der Waals surface area contributed by atoms with Crippen molar-refractivity contribution in [1.82, 2.24) is 0 Å². The van der Waals surface area contributed by atoms with E-state index in [4.69, 9.17) is 20.4 Å². The zero-order valence-electron chi connectivity index (χ0n) is 8.82. The van der Waals surface area contributed by atoms with Crippen LogP contribution >= 0.6 is 15.8 Å². The van der Waals surface area contributed by atoms with E-state index in [2.05, 4.69) is 0 Å². The minimum Gasteiger partial charge on any atom is -0.391 e. The molecular formula is C10H16O4P2. The predicted octanol–water partition coefficient (Wildman–Crippen LogP) is -0.300. The molecule has 4 nitrogen and oxygen atoms in total. The normalized spacial score (nSPS) is 11.4. The highest BCUT2D eigenvalue weighted by molar-refractivity contribution is 7.66. The van der Waals surface area contributed by atoms with Crippen LogP contribution in [0, 0.1) is 0 Å². The van der Waals surface area contributed by atoms with E-state index < -0.39 is 15.8 Å². The van der Waals surface area contributed by atoms with Gasteiger partial charge < -0.3 is 20.4 Å². The van der Waals surface area contributed by atoms with Crippen LogP contribution < -0.4 is 10.6 Å². The molecule has 0 spiro atoms. The predicted molar refractivity (Wildman–Crippen MR) is 67.9 cm³/mol. The minimum atomic E-state index is -0.944. The number of aliphatic hydroxyl groups excluding tert-OH is 4. The highest BCUT2D eigenvalue weighted by Crippen LogP contribution is 2.34. The Balaban J connectivity index is 2.93. The molecule has 6 heteroatoms. The first kappa shape index (κ1) is 14.0. The first-order chi connectivity index (χ1) is 7.76. The minimum absolute atomic E-state index is 0.0501. The lowest BCUT2D eigenvalue weighted by molar-refractivity contribution is 0.345. The molecule has 1 aromatic carbocycles. The van der Waals surface area contributed by atoms with Crippen LogP contribution in [0.1, 0.15) is 0 Å². The maximum absolute atomic E-state index is 9.10. The van der Waals surface area contributed by atoms with Crippen molar-refractivity contribution in [2.75, 3.05) is 25.4 Å². The van der Waals surface area contributed by atoms with Crippen LogP contribution in [0.4, 0.5) is 0 Å². The van der Waals surface area contributed by atoms with Crippen molar-refractivity contribution in [3.05, 3.63) is 24.3 Å². The summed E-state index contributed by atoms with van der Waals surface area (Å²) in [4.78, 5) is 0. The van der Waals surface area contributed by atoms with Crippen LogP contribution in [0.25, 0.3) is 0 Å². The molecule has 0 bridgehead atoms. The van der Waals surface area contributed by atoms with Crippen LogP contribution in [0.3, 0.4) is 0 Å². The number of hydrogen-bond donors (Lipinski definition) is 4. The second kappa shape index (κ2) is 7.29. The van der Waals surface area contributed by atoms with Crippen LogP contribution in [0.5, 0.6) is 0 Å². The molecular weight excluding hydrogens is 246 g/mol. The van der Waals surface area contributed by atoms with Crippen molar-refractivity contribution in [3.63, 3.8) is 0 Å². The zero-order valence-corrected chi connectivity index (χ0v) is 10.6. The highest BCUT2D eigenvalue weighted by Gasteiger charge is 2.12. The third-order valence-corrected chi connectivity index (χ3v) is 5.63. The van der Waals surface area contributed by atoms with E-state index in [1.165, 1.54) is 0 Å². The van der Waals surface area contributed by atoms with Gasteiger partial charge in [0, 0.05) is 0 Å². The van der Waals surface area contributed by atoms with Gasteiger partial charge in [0.15, 0.2) is 0 Å². The smallest absolute Gasteiger partial charge is 0.0688 e. The van der Waals surface area contributed by atoms with Gasteiger partial charge in [0.25, 0.3) is 0 Å². The first-order valence-corrected chi connectivity index (χ1v) is 8.22. The Morgan fingerprint density at radius 3 is 1.44 bits per heavy atom. The second-order valence-electron chi connectivity index (χ2n) is 3.17. The lowest BCUT2D eigenvalue weighted by Crippen LogP contribution is -2.14. The standard InChI is InChI=1S/C10H16O4P2/c11-5-15(6-12)9-2-1-3-10(4-9)16(7-13)8-14/h1-4,11-14H,5-8H2. The van der Waals surface area contributed by atoms with E-state index in [9.17, 15) is 0 Å². The summed E-state index contributed by atoms with van der Waals surface area (Å²) >= 11 is 0. The van der Waals surface area contributed by atoms with Crippen molar-refractivity contribution < 1.29 is 20.4 Å². The van der Waals surface area contributed by atoms with Gasteiger partial charge in [-0.25, -0.2) is 0 Å². The van der Waals surface area contributed by atoms with E-state index in [1.54, 1.807) is 0 Å². The van der Waals surface area contributed by atoms with Crippen LogP contribution in [0.2, 0.25) is 0 Å². The van der Waals surface area contributed by atoms with E-state index in [-0.39, 0.29) is 25.4 Å². The fourth-order valence-corrected chi connectivity index (χ4v) is 3.47. The van der Waals surface area contributed by atoms with Gasteiger partial charge >= 0.3 is 0 Å². The Hall–Kier alpha value is -0.0800. The van der Waals surface area contributed by atoms with Gasteiger partial charge in [-0.15, -0.1) is 0 Å². The lowest BCUT2D eigenvalue weighted by atomic mass is 10.4. The van der Waals surface area contributed by atoms with Gasteiger partial charge in [-0.2, -0.15) is 0 Å². The summed E-state index contributed by atoms with van der Waals surface area (Å²) in [6, 6.07) is 7.38. The third kappa shape index (κ3) is 3.46. The second-order valence-corrected chi connectivity index (χ2v) is 7.49. The molecule has 0 heterocycles. The largest absolute Gasteiger partial charge is 0.391 e. The molecule has 0 atom stereocenters. The first-order valence-electron chi connectivity index (χ1n) is 4.80. The molecule has 0 unspecified atom stereocenters. The van der Waals surface area contributed by atoms with Crippen molar-refractivity contribution in [1.29, 1.82) is 0 Å². The molecule has 0 amide bonds. The Kier molecular flexibility index (Phi) is 6.37. The highest BCUT2D eigenvalue weighted by atomic mass is 31.1. The lowest BCUT2D eigenvalue weighted by Gasteiger charge is -2.16. The molecule has 90 valence electrons. The molecule has 0 aliphatic heterocycles. The number of rotatable bonds is 6. The summed E-state index contributed by atoms with van der Waals surface area (Å²) in [6.07, 6.45) is -0.201. The van der Waals surface area contributed by atoms with Gasteiger partial charge in [-0.3, -0.25) is 0 Å². The fraction of sp³-hybridized carbons (Fsp3) is 0.400. The summed E-state index contributed by atoms with van der Waals surface area (Å²) < 4.78 is 0. The van der Waals surface area contributed by atoms with E-state index in [1.807, 2.05) is 24.3 Å². The summed E-state index contributed by atoms with van der Waals surface area (Å²) in [5, 5.41) is 38.2. The molecule has 16 heavy (non-hydrogen) atoms. The average Bonchev–Trinajstić information content (AvgIpc) is 2.33. The van der Waals surface area contributed by atoms with Crippen molar-refractivity contribution >= 4 is 26.5 Å². The Labute approximate surface area is 97.1 Å². The molecule has 0 radical (unpaired) electrons. The van der Waals surface area contributed by atoms with Crippen molar-refractivity contribution in [3.8, 4) is 0 Å². The maximum Gasteiger partial charge on any atom is 0.0688 e. The molecule has 1 aromatic rings. The monoisotopic (exact) mass is 262 g/mol. The average molecular weight is 262 g/mol. The van der Waals surface area contributed by atoms with Crippen molar-refractivity contribution in [2.24, 2.45) is 0 Å². The Bertz CT molecular complexity index is 286. The Morgan fingerprint density at radius 2 is 1.12 bits per heavy atom. The van der Waals surface area contributed by atoms with Gasteiger partial charge in [-0.1, -0.05) is 18.2 Å². The van der Waals surface area contributed by atoms with E-state index >= 15 is 0 Å². The summed E-state index contributed by atoms with van der Waals surface area (Å²) in [6.45, 7) is 0. The maximum atomic E-state index is 9.10. The van der Waals surface area contributed by atoms with Gasteiger partial charge in [0.05, 0.1) is 25.4 Å². The number of benzene rings is 1. The van der Waals surface area contributed by atoms with Crippen molar-refractivity contribution in [2.45, 2.75) is 0 Å². The summed E-state index contributed by atoms with van der Waals surface area (Å²) in [5.74, 6) is 0. The molecule has 0 saturated heterocycles. The molecule has 0 fully saturated rings. The van der Waals surface area contributed by atoms with Crippen LogP contribution in [-0.2, 0) is 0 Å². The Morgan fingerprint density at radius 1 is 0.750 bits per heavy atom. The number of aliphatic hydroxyl groups is 4. The molecule has 4 N–H and O–H groups in total. The quantitative estimate of drug-likeness (QED) is 0.531. The zero-order chi connectivity index (χ0) is 12.0. The van der Waals surface area contributed by atoms with E-state index in [0.29, 0.717) is 0 Å². The molecule has 0 aliphatic carbocycles. The molecule has 0 aromatic heterocycles. The molecule has 0 saturated carbocycles. The van der Waals surface area contributed by atoms with Gasteiger partial charge in [0.2, 0.25) is 0 Å². The summed E-state index contributed by atoms with van der Waals surface area (Å²) in [5.41, 5.74) is 0. The van der Waals surface area contributed by atoms with Gasteiger partial charge in [0.1, 0.15) is 0 Å². The van der Waals surface area contributed by atoms with Gasteiger partial charge in [-0.05, 0) is 32.5 Å². The van der Waals surface area contributed by atoms with Crippen LogP contribution in [-0.4, -0.2) is 45.8 Å². The fourth-order valence-electron chi connectivity index (χ4n) is 1.30. The number of hydrogen-bond acceptors (Lipinski definition) is 4.